The second-order valence-electron chi connectivity index (χ2n) is 3.41. The van der Waals surface area contributed by atoms with E-state index in [1.54, 1.807) is 0 Å². The average molecular weight is 250 g/mol. The fourth-order valence-electron chi connectivity index (χ4n) is 1.63. The summed E-state index contributed by atoms with van der Waals surface area (Å²) in [6.45, 7) is 3.76. The molecule has 0 amide bonds. The van der Waals surface area contributed by atoms with Gasteiger partial charge in [-0.3, -0.25) is 4.57 Å². The van der Waals surface area contributed by atoms with Gasteiger partial charge in [-0.15, -0.1) is 6.58 Å². The van der Waals surface area contributed by atoms with Gasteiger partial charge in [0.05, 0.1) is 0 Å². The second-order valence-corrected chi connectivity index (χ2v) is 3.98. The van der Waals surface area contributed by atoms with Crippen LogP contribution in [0.1, 0.15) is 5.56 Å². The summed E-state index contributed by atoms with van der Waals surface area (Å²) in [7, 11) is -3.13. The van der Waals surface area contributed by atoms with Crippen molar-refractivity contribution in [3.05, 3.63) is 60.7 Å². The minimum atomic E-state index is -3.13. The normalized spacial score (nSPS) is 9.82. The van der Waals surface area contributed by atoms with Gasteiger partial charge in [0.15, 0.2) is 0 Å². The molecular weight excluding hydrogens is 235 g/mol. The summed E-state index contributed by atoms with van der Waals surface area (Å²) in [5.41, 5.74) is 1.35. The van der Waals surface area contributed by atoms with Gasteiger partial charge in [0.25, 0.3) is 0 Å². The molecule has 0 radical (unpaired) electrons. The first kappa shape index (κ1) is 13.7. The van der Waals surface area contributed by atoms with Crippen molar-refractivity contribution in [2.45, 2.75) is 6.42 Å². The fourth-order valence-corrected chi connectivity index (χ4v) is 1.63. The van der Waals surface area contributed by atoms with Gasteiger partial charge in [-0.2, -0.15) is 0 Å². The lowest BCUT2D eigenvalue weighted by molar-refractivity contribution is 0.405. The van der Waals surface area contributed by atoms with Crippen LogP contribution in [0, 0.1) is 0 Å². The van der Waals surface area contributed by atoms with E-state index in [1.807, 2.05) is 6.08 Å². The molecule has 17 heavy (non-hydrogen) atoms. The highest BCUT2D eigenvalue weighted by molar-refractivity contribution is 7.30. The molecule has 2 N–H and O–H groups in total. The van der Waals surface area contributed by atoms with Gasteiger partial charge >= 0.3 is 8.25 Å². The van der Waals surface area contributed by atoms with Crippen LogP contribution >= 0.6 is 8.25 Å². The van der Waals surface area contributed by atoms with Crippen LogP contribution in [0.5, 0.6) is 0 Å². The predicted molar refractivity (Wildman–Crippen MR) is 71.3 cm³/mol. The van der Waals surface area contributed by atoms with Crippen LogP contribution in [0.15, 0.2) is 55.1 Å². The molecule has 0 aliphatic rings. The van der Waals surface area contributed by atoms with Crippen LogP contribution in [0.4, 0.5) is 0 Å². The molecule has 0 fully saturated rings. The highest BCUT2D eigenvalue weighted by Gasteiger charge is 1.96. The molecule has 0 aliphatic heterocycles. The Morgan fingerprint density at radius 2 is 1.71 bits per heavy atom. The molecule has 4 heteroatoms. The van der Waals surface area contributed by atoms with Gasteiger partial charge in [-0.1, -0.05) is 48.5 Å². The maximum Gasteiger partial charge on any atom is 0.314 e. The maximum absolute atomic E-state index is 8.74. The summed E-state index contributed by atoms with van der Waals surface area (Å²) in [5.74, 6) is 0. The smallest absolute Gasteiger partial charge is 0.314 e. The lowest BCUT2D eigenvalue weighted by atomic mass is 10.0. The molecule has 0 spiro atoms. The van der Waals surface area contributed by atoms with E-state index in [1.165, 1.54) is 16.3 Å². The van der Waals surface area contributed by atoms with Gasteiger partial charge in [-0.05, 0) is 22.8 Å². The third-order valence-electron chi connectivity index (χ3n) is 2.24. The van der Waals surface area contributed by atoms with Crippen LogP contribution < -0.4 is 0 Å². The minimum absolute atomic E-state index is 0.946. The maximum atomic E-state index is 8.74. The van der Waals surface area contributed by atoms with Crippen molar-refractivity contribution in [2.75, 3.05) is 0 Å². The van der Waals surface area contributed by atoms with Crippen molar-refractivity contribution in [3.8, 4) is 0 Å². The Hall–Kier alpha value is -1.41. The first-order valence-corrected chi connectivity index (χ1v) is 6.45. The van der Waals surface area contributed by atoms with Crippen LogP contribution in [-0.2, 0) is 11.0 Å². The monoisotopic (exact) mass is 250 g/mol. The van der Waals surface area contributed by atoms with E-state index in [4.69, 9.17) is 14.4 Å². The van der Waals surface area contributed by atoms with Crippen molar-refractivity contribution in [1.82, 2.24) is 0 Å². The molecule has 0 aliphatic carbocycles. The predicted octanol–water partition coefficient (Wildman–Crippen LogP) is 2.93. The van der Waals surface area contributed by atoms with Crippen LogP contribution in [0.2, 0.25) is 0 Å². The Bertz CT molecular complexity index is 514. The highest BCUT2D eigenvalue weighted by Crippen LogP contribution is 2.18. The zero-order chi connectivity index (χ0) is 12.7. The number of benzene rings is 2. The topological polar surface area (TPSA) is 57.5 Å². The van der Waals surface area contributed by atoms with Crippen molar-refractivity contribution >= 4 is 19.0 Å². The molecular formula is C13H15O3P. The van der Waals surface area contributed by atoms with E-state index < -0.39 is 8.25 Å². The molecule has 0 saturated heterocycles. The fraction of sp³-hybridized carbons (Fsp3) is 0.0769. The van der Waals surface area contributed by atoms with Crippen molar-refractivity contribution in [1.29, 1.82) is 0 Å². The third-order valence-corrected chi connectivity index (χ3v) is 2.24. The molecule has 0 bridgehead atoms. The van der Waals surface area contributed by atoms with E-state index in [-0.39, 0.29) is 0 Å². The van der Waals surface area contributed by atoms with Gasteiger partial charge in [-0.25, -0.2) is 0 Å². The first-order valence-electron chi connectivity index (χ1n) is 5.14. The molecule has 0 atom stereocenters. The quantitative estimate of drug-likeness (QED) is 0.636. The Balaban J connectivity index is 0.000000317. The van der Waals surface area contributed by atoms with E-state index in [0.717, 1.165) is 6.42 Å². The minimum Gasteiger partial charge on any atom is -0.326 e. The number of rotatable bonds is 2. The number of allylic oxidation sites excluding steroid dienone is 1. The molecule has 3 nitrogen and oxygen atoms in total. The Kier molecular flexibility index (Phi) is 5.64. The summed E-state index contributed by atoms with van der Waals surface area (Å²) in [4.78, 5) is 14.3. The van der Waals surface area contributed by atoms with Gasteiger partial charge in [0, 0.05) is 0 Å². The van der Waals surface area contributed by atoms with E-state index in [2.05, 4.69) is 49.0 Å². The first-order chi connectivity index (χ1) is 8.15. The SMILES string of the molecule is C=CCc1cccc2ccccc12.O=[PH](O)O. The molecule has 0 heterocycles. The van der Waals surface area contributed by atoms with Crippen molar-refractivity contribution < 1.29 is 14.4 Å². The second kappa shape index (κ2) is 7.02. The third kappa shape index (κ3) is 4.53. The van der Waals surface area contributed by atoms with Gasteiger partial charge < -0.3 is 9.79 Å². The molecule has 2 rings (SSSR count). The van der Waals surface area contributed by atoms with Crippen molar-refractivity contribution in [3.63, 3.8) is 0 Å². The van der Waals surface area contributed by atoms with Crippen LogP contribution in [-0.4, -0.2) is 9.79 Å². The summed E-state index contributed by atoms with van der Waals surface area (Å²) in [6.07, 6.45) is 2.89. The average Bonchev–Trinajstić information content (AvgIpc) is 2.29. The number of hydrogen-bond acceptors (Lipinski definition) is 1. The van der Waals surface area contributed by atoms with Crippen LogP contribution in [0.3, 0.4) is 0 Å². The molecule has 90 valence electrons. The molecule has 0 saturated carbocycles. The molecule has 2 aromatic carbocycles. The summed E-state index contributed by atoms with van der Waals surface area (Å²) in [5, 5.41) is 2.65. The lowest BCUT2D eigenvalue weighted by Crippen LogP contribution is -1.82. The number of fused-ring (bicyclic) bond motifs is 1. The standard InChI is InChI=1S/C13H12.H3O3P/c1-2-6-11-8-5-9-12-7-3-4-10-13(11)12;1-4(2)3/h2-5,7-10H,1,6H2;4H,(H2,1,2,3). The molecule has 0 unspecified atom stereocenters. The van der Waals surface area contributed by atoms with E-state index in [0.29, 0.717) is 0 Å². The summed E-state index contributed by atoms with van der Waals surface area (Å²) < 4.78 is 8.74. The number of hydrogen-bond donors (Lipinski definition) is 2. The Morgan fingerprint density at radius 1 is 1.12 bits per heavy atom. The molecule has 2 aromatic rings. The van der Waals surface area contributed by atoms with Crippen molar-refractivity contribution in [2.24, 2.45) is 0 Å². The van der Waals surface area contributed by atoms with Crippen LogP contribution in [0.25, 0.3) is 10.8 Å². The van der Waals surface area contributed by atoms with Gasteiger partial charge in [0.2, 0.25) is 0 Å². The summed E-state index contributed by atoms with van der Waals surface area (Å²) >= 11 is 0. The van der Waals surface area contributed by atoms with Gasteiger partial charge in [0.1, 0.15) is 0 Å². The highest BCUT2D eigenvalue weighted by atomic mass is 31.1. The zero-order valence-corrected chi connectivity index (χ0v) is 10.3. The Morgan fingerprint density at radius 3 is 2.35 bits per heavy atom. The largest absolute Gasteiger partial charge is 0.326 e. The Labute approximate surface area is 101 Å². The zero-order valence-electron chi connectivity index (χ0n) is 9.34. The van der Waals surface area contributed by atoms with E-state index >= 15 is 0 Å². The summed E-state index contributed by atoms with van der Waals surface area (Å²) in [6, 6.07) is 14.8. The lowest BCUT2D eigenvalue weighted by Gasteiger charge is -2.02. The van der Waals surface area contributed by atoms with E-state index in [9.17, 15) is 0 Å². The molecule has 0 aromatic heterocycles.